The molecule has 0 atom stereocenters. The largest absolute Gasteiger partial charge is 0.490 e. The van der Waals surface area contributed by atoms with Gasteiger partial charge in [0, 0.05) is 22.7 Å². The highest BCUT2D eigenvalue weighted by atomic mass is 32.2. The highest BCUT2D eigenvalue weighted by Crippen LogP contribution is 2.30. The second-order valence-corrected chi connectivity index (χ2v) is 6.40. The Bertz CT molecular complexity index is 808. The molecule has 0 radical (unpaired) electrons. The van der Waals surface area contributed by atoms with Crippen LogP contribution >= 0.6 is 11.8 Å². The maximum absolute atomic E-state index is 12.0. The quantitative estimate of drug-likeness (QED) is 0.364. The maximum Gasteiger partial charge on any atom is 0.331 e. The van der Waals surface area contributed by atoms with Crippen LogP contribution in [0.4, 0.5) is 5.69 Å². The summed E-state index contributed by atoms with van der Waals surface area (Å²) in [5.74, 6) is 0.124. The third-order valence-electron chi connectivity index (χ3n) is 3.32. The predicted molar refractivity (Wildman–Crippen MR) is 110 cm³/mol. The molecule has 1 N–H and O–H groups in total. The van der Waals surface area contributed by atoms with Gasteiger partial charge in [0.25, 0.3) is 5.91 Å². The number of amides is 1. The van der Waals surface area contributed by atoms with Gasteiger partial charge in [-0.15, -0.1) is 0 Å². The van der Waals surface area contributed by atoms with Gasteiger partial charge in [0.1, 0.15) is 0 Å². The first-order valence-corrected chi connectivity index (χ1v) is 9.74. The van der Waals surface area contributed by atoms with Crippen LogP contribution in [0.5, 0.6) is 11.5 Å². The Labute approximate surface area is 168 Å². The van der Waals surface area contributed by atoms with E-state index in [9.17, 15) is 9.59 Å². The van der Waals surface area contributed by atoms with Gasteiger partial charge in [-0.3, -0.25) is 4.79 Å². The zero-order valence-electron chi connectivity index (χ0n) is 15.8. The first-order chi connectivity index (χ1) is 13.6. The number of hydrogen-bond donors (Lipinski definition) is 1. The number of anilines is 1. The molecule has 0 heterocycles. The van der Waals surface area contributed by atoms with Crippen LogP contribution < -0.4 is 14.8 Å². The molecule has 0 aliphatic heterocycles. The third kappa shape index (κ3) is 7.36. The van der Waals surface area contributed by atoms with E-state index in [4.69, 9.17) is 14.2 Å². The first kappa shape index (κ1) is 21.4. The van der Waals surface area contributed by atoms with Crippen LogP contribution in [-0.4, -0.2) is 31.7 Å². The predicted octanol–water partition coefficient (Wildman–Crippen LogP) is 4.27. The summed E-state index contributed by atoms with van der Waals surface area (Å²) in [5, 5.41) is 4.29. The zero-order chi connectivity index (χ0) is 20.2. The molecule has 0 aliphatic rings. The van der Waals surface area contributed by atoms with E-state index < -0.39 is 11.9 Å². The second-order valence-electron chi connectivity index (χ2n) is 5.42. The van der Waals surface area contributed by atoms with E-state index in [0.717, 1.165) is 4.90 Å². The topological polar surface area (TPSA) is 73.9 Å². The van der Waals surface area contributed by atoms with Gasteiger partial charge in [0.15, 0.2) is 18.1 Å². The Hall–Kier alpha value is -2.93. The molecule has 148 valence electrons. The van der Waals surface area contributed by atoms with Crippen molar-refractivity contribution in [1.82, 2.24) is 0 Å². The zero-order valence-corrected chi connectivity index (χ0v) is 16.7. The van der Waals surface area contributed by atoms with Gasteiger partial charge in [-0.2, -0.15) is 0 Å². The van der Waals surface area contributed by atoms with Crippen molar-refractivity contribution in [3.05, 3.63) is 60.0 Å². The molecule has 2 rings (SSSR count). The summed E-state index contributed by atoms with van der Waals surface area (Å²) in [7, 11) is 0. The maximum atomic E-state index is 12.0. The van der Waals surface area contributed by atoms with Gasteiger partial charge in [0.2, 0.25) is 0 Å². The second kappa shape index (κ2) is 11.7. The lowest BCUT2D eigenvalue weighted by Gasteiger charge is -2.13. The van der Waals surface area contributed by atoms with E-state index >= 15 is 0 Å². The number of nitrogens with one attached hydrogen (secondary N) is 1. The smallest absolute Gasteiger partial charge is 0.331 e. The van der Waals surface area contributed by atoms with Crippen molar-refractivity contribution in [2.45, 2.75) is 18.7 Å². The Morgan fingerprint density at radius 2 is 1.71 bits per heavy atom. The van der Waals surface area contributed by atoms with Crippen LogP contribution in [0.3, 0.4) is 0 Å². The van der Waals surface area contributed by atoms with Crippen molar-refractivity contribution in [2.24, 2.45) is 0 Å². The van der Waals surface area contributed by atoms with Gasteiger partial charge in [-0.05, 0) is 43.5 Å². The summed E-state index contributed by atoms with van der Waals surface area (Å²) >= 11 is 1.39. The first-order valence-electron chi connectivity index (χ1n) is 8.86. The van der Waals surface area contributed by atoms with E-state index in [-0.39, 0.29) is 6.61 Å². The van der Waals surface area contributed by atoms with Gasteiger partial charge in [-0.1, -0.05) is 30.0 Å². The van der Waals surface area contributed by atoms with E-state index in [1.807, 2.05) is 44.2 Å². The van der Waals surface area contributed by atoms with Crippen molar-refractivity contribution in [2.75, 3.05) is 25.1 Å². The van der Waals surface area contributed by atoms with Crippen molar-refractivity contribution in [1.29, 1.82) is 0 Å². The monoisotopic (exact) mass is 401 g/mol. The average Bonchev–Trinajstić information content (AvgIpc) is 2.69. The van der Waals surface area contributed by atoms with Crippen LogP contribution in [0.2, 0.25) is 0 Å². The molecular weight excluding hydrogens is 378 g/mol. The minimum absolute atomic E-state index is 0.379. The molecule has 0 aliphatic carbocycles. The lowest BCUT2D eigenvalue weighted by atomic mass is 10.2. The van der Waals surface area contributed by atoms with Crippen LogP contribution in [0, 0.1) is 0 Å². The number of thioether (sulfide) groups is 1. The van der Waals surface area contributed by atoms with Crippen LogP contribution in [0.25, 0.3) is 0 Å². The molecule has 6 nitrogen and oxygen atoms in total. The van der Waals surface area contributed by atoms with E-state index in [2.05, 4.69) is 5.32 Å². The van der Waals surface area contributed by atoms with Gasteiger partial charge >= 0.3 is 5.97 Å². The molecule has 0 saturated carbocycles. The van der Waals surface area contributed by atoms with E-state index in [1.165, 1.54) is 17.8 Å². The Morgan fingerprint density at radius 1 is 1.00 bits per heavy atom. The third-order valence-corrected chi connectivity index (χ3v) is 4.14. The van der Waals surface area contributed by atoms with Crippen molar-refractivity contribution in [3.63, 3.8) is 0 Å². The van der Waals surface area contributed by atoms with Crippen molar-refractivity contribution in [3.8, 4) is 11.5 Å². The average molecular weight is 401 g/mol. The molecule has 2 aromatic rings. The molecule has 0 aromatic heterocycles. The number of carbonyl (C=O) groups is 2. The summed E-state index contributed by atoms with van der Waals surface area (Å²) in [6.07, 6.45) is 1.29. The standard InChI is InChI=1S/C21H23NO5S/c1-3-25-18-11-10-16(14-19(18)26-4-2)22-20(23)15-27-21(24)12-13-28-17-8-6-5-7-9-17/h5-14H,3-4,15H2,1-2H3,(H,22,23)/b13-12+. The number of hydrogen-bond acceptors (Lipinski definition) is 6. The van der Waals surface area contributed by atoms with E-state index in [1.54, 1.807) is 23.6 Å². The normalized spacial score (nSPS) is 10.5. The summed E-state index contributed by atoms with van der Waals surface area (Å²) < 4.78 is 15.9. The van der Waals surface area contributed by atoms with Gasteiger partial charge in [-0.25, -0.2) is 4.79 Å². The van der Waals surface area contributed by atoms with Gasteiger partial charge in [0.05, 0.1) is 13.2 Å². The van der Waals surface area contributed by atoms with Gasteiger partial charge < -0.3 is 19.5 Å². The number of benzene rings is 2. The molecule has 0 fully saturated rings. The van der Waals surface area contributed by atoms with Crippen molar-refractivity contribution < 1.29 is 23.8 Å². The number of esters is 1. The Balaban J connectivity index is 1.81. The number of ether oxygens (including phenoxy) is 3. The highest BCUT2D eigenvalue weighted by molar-refractivity contribution is 8.02. The molecule has 28 heavy (non-hydrogen) atoms. The fraction of sp³-hybridized carbons (Fsp3) is 0.238. The fourth-order valence-electron chi connectivity index (χ4n) is 2.18. The molecule has 0 bridgehead atoms. The Kier molecular flexibility index (Phi) is 8.94. The van der Waals surface area contributed by atoms with Crippen LogP contribution in [0.1, 0.15) is 13.8 Å². The summed E-state index contributed by atoms with van der Waals surface area (Å²) in [5.41, 5.74) is 0.531. The lowest BCUT2D eigenvalue weighted by molar-refractivity contribution is -0.142. The summed E-state index contributed by atoms with van der Waals surface area (Å²) in [4.78, 5) is 24.7. The summed E-state index contributed by atoms with van der Waals surface area (Å²) in [6, 6.07) is 14.7. The van der Waals surface area contributed by atoms with Crippen LogP contribution in [-0.2, 0) is 14.3 Å². The minimum atomic E-state index is -0.583. The number of carbonyl (C=O) groups excluding carboxylic acids is 2. The minimum Gasteiger partial charge on any atom is -0.490 e. The molecule has 2 aromatic carbocycles. The molecular formula is C21H23NO5S. The van der Waals surface area contributed by atoms with Crippen LogP contribution in [0.15, 0.2) is 64.9 Å². The molecule has 0 unspecified atom stereocenters. The molecule has 1 amide bonds. The van der Waals surface area contributed by atoms with Crippen molar-refractivity contribution >= 4 is 29.3 Å². The molecule has 0 saturated heterocycles. The summed E-state index contributed by atoms with van der Waals surface area (Å²) in [6.45, 7) is 4.35. The molecule has 0 spiro atoms. The highest BCUT2D eigenvalue weighted by Gasteiger charge is 2.10. The number of rotatable bonds is 10. The van der Waals surface area contributed by atoms with E-state index in [0.29, 0.717) is 30.4 Å². The SMILES string of the molecule is CCOc1ccc(NC(=O)COC(=O)/C=C/Sc2ccccc2)cc1OCC. The lowest BCUT2D eigenvalue weighted by Crippen LogP contribution is -2.20. The Morgan fingerprint density at radius 3 is 2.43 bits per heavy atom. The molecule has 7 heteroatoms. The fourth-order valence-corrected chi connectivity index (χ4v) is 2.83.